The third kappa shape index (κ3) is 6.40. The molecule has 160 valence electrons. The molecular formula is C25H24ClFN2O2. The number of benzene rings is 3. The van der Waals surface area contributed by atoms with E-state index in [1.807, 2.05) is 30.3 Å². The molecule has 0 saturated heterocycles. The zero-order valence-electron chi connectivity index (χ0n) is 17.2. The summed E-state index contributed by atoms with van der Waals surface area (Å²) < 4.78 is 13.4. The zero-order chi connectivity index (χ0) is 22.2. The first-order valence-corrected chi connectivity index (χ1v) is 10.4. The molecule has 0 fully saturated rings. The molecule has 2 amide bonds. The Hall–Kier alpha value is -3.18. The summed E-state index contributed by atoms with van der Waals surface area (Å²) in [5, 5.41) is 3.27. The minimum Gasteiger partial charge on any atom is -0.357 e. The summed E-state index contributed by atoms with van der Waals surface area (Å²) in [6, 6.07) is 21.8. The van der Waals surface area contributed by atoms with Crippen molar-refractivity contribution >= 4 is 23.4 Å². The quantitative estimate of drug-likeness (QED) is 0.566. The molecule has 0 aromatic heterocycles. The fourth-order valence-corrected chi connectivity index (χ4v) is 3.51. The van der Waals surface area contributed by atoms with Crippen LogP contribution in [0.4, 0.5) is 4.39 Å². The van der Waals surface area contributed by atoms with Crippen LogP contribution in [0.2, 0.25) is 5.02 Å². The molecule has 0 radical (unpaired) electrons. The maximum atomic E-state index is 13.4. The molecule has 0 heterocycles. The molecule has 3 aromatic carbocycles. The maximum absolute atomic E-state index is 13.4. The van der Waals surface area contributed by atoms with Crippen LogP contribution < -0.4 is 5.32 Å². The van der Waals surface area contributed by atoms with Crippen molar-refractivity contribution in [3.63, 3.8) is 0 Å². The zero-order valence-corrected chi connectivity index (χ0v) is 18.0. The van der Waals surface area contributed by atoms with Crippen molar-refractivity contribution in [1.82, 2.24) is 10.2 Å². The van der Waals surface area contributed by atoms with Crippen molar-refractivity contribution in [3.05, 3.63) is 106 Å². The Bertz CT molecular complexity index is 1010. The highest BCUT2D eigenvalue weighted by Crippen LogP contribution is 2.18. The number of nitrogens with one attached hydrogen (secondary N) is 1. The van der Waals surface area contributed by atoms with Gasteiger partial charge in [-0.15, -0.1) is 0 Å². The Balaban J connectivity index is 1.92. The number of hydrogen-bond donors (Lipinski definition) is 1. The van der Waals surface area contributed by atoms with Gasteiger partial charge in [0, 0.05) is 25.0 Å². The Morgan fingerprint density at radius 2 is 1.52 bits per heavy atom. The summed E-state index contributed by atoms with van der Waals surface area (Å²) in [6.07, 6.45) is 0.495. The first-order valence-electron chi connectivity index (χ1n) is 10.00. The van der Waals surface area contributed by atoms with Crippen LogP contribution in [0.5, 0.6) is 0 Å². The molecule has 1 N–H and O–H groups in total. The van der Waals surface area contributed by atoms with Crippen molar-refractivity contribution < 1.29 is 14.0 Å². The first-order chi connectivity index (χ1) is 15.0. The van der Waals surface area contributed by atoms with E-state index in [4.69, 9.17) is 11.6 Å². The molecule has 1 atom stereocenters. The van der Waals surface area contributed by atoms with Crippen molar-refractivity contribution in [3.8, 4) is 0 Å². The van der Waals surface area contributed by atoms with E-state index in [1.165, 1.54) is 12.1 Å². The topological polar surface area (TPSA) is 49.4 Å². The van der Waals surface area contributed by atoms with Crippen LogP contribution in [-0.2, 0) is 29.0 Å². The number of carbonyl (C=O) groups excluding carboxylic acids is 2. The molecule has 0 bridgehead atoms. The maximum Gasteiger partial charge on any atom is 0.242 e. The van der Waals surface area contributed by atoms with Gasteiger partial charge < -0.3 is 10.2 Å². The Kier molecular flexibility index (Phi) is 7.79. The average molecular weight is 439 g/mol. The summed E-state index contributed by atoms with van der Waals surface area (Å²) in [5.74, 6) is -0.804. The van der Waals surface area contributed by atoms with Gasteiger partial charge in [-0.25, -0.2) is 4.39 Å². The summed E-state index contributed by atoms with van der Waals surface area (Å²) in [7, 11) is 1.56. The summed E-state index contributed by atoms with van der Waals surface area (Å²) in [6.45, 7) is 0.192. The molecular weight excluding hydrogens is 415 g/mol. The van der Waals surface area contributed by atoms with Gasteiger partial charge in [-0.05, 0) is 41.0 Å². The molecule has 31 heavy (non-hydrogen) atoms. The van der Waals surface area contributed by atoms with Crippen LogP contribution in [-0.4, -0.2) is 29.8 Å². The van der Waals surface area contributed by atoms with Crippen LogP contribution in [0.3, 0.4) is 0 Å². The number of amides is 2. The lowest BCUT2D eigenvalue weighted by Gasteiger charge is -2.31. The smallest absolute Gasteiger partial charge is 0.242 e. The standard InChI is InChI=1S/C25H24ClFN2O2/c1-28-25(31)23(15-18-5-3-2-4-6-18)29(17-20-9-13-22(27)14-10-20)24(30)16-19-7-11-21(26)12-8-19/h2-14,23H,15-17H2,1H3,(H,28,31)/t23-/m1/s1. The molecule has 0 spiro atoms. The van der Waals surface area contributed by atoms with Crippen molar-refractivity contribution in [2.24, 2.45) is 0 Å². The minimum absolute atomic E-state index is 0.126. The Morgan fingerprint density at radius 1 is 0.903 bits per heavy atom. The van der Waals surface area contributed by atoms with Crippen molar-refractivity contribution in [2.75, 3.05) is 7.05 Å². The van der Waals surface area contributed by atoms with Gasteiger partial charge in [0.2, 0.25) is 11.8 Å². The number of hydrogen-bond acceptors (Lipinski definition) is 2. The van der Waals surface area contributed by atoms with E-state index in [-0.39, 0.29) is 30.6 Å². The molecule has 0 unspecified atom stereocenters. The Labute approximate surface area is 186 Å². The second kappa shape index (κ2) is 10.7. The van der Waals surface area contributed by atoms with Gasteiger partial charge in [0.15, 0.2) is 0 Å². The lowest BCUT2D eigenvalue weighted by atomic mass is 10.0. The number of likely N-dealkylation sites (N-methyl/N-ethyl adjacent to an activating group) is 1. The number of carbonyl (C=O) groups is 2. The normalized spacial score (nSPS) is 11.6. The lowest BCUT2D eigenvalue weighted by molar-refractivity contribution is -0.140. The van der Waals surface area contributed by atoms with Gasteiger partial charge in [0.05, 0.1) is 6.42 Å². The second-order valence-electron chi connectivity index (χ2n) is 7.27. The highest BCUT2D eigenvalue weighted by atomic mass is 35.5. The molecule has 4 nitrogen and oxygen atoms in total. The monoisotopic (exact) mass is 438 g/mol. The first kappa shape index (κ1) is 22.5. The average Bonchev–Trinajstić information content (AvgIpc) is 2.79. The van der Waals surface area contributed by atoms with Crippen LogP contribution in [0.15, 0.2) is 78.9 Å². The predicted octanol–water partition coefficient (Wildman–Crippen LogP) is 4.41. The van der Waals surface area contributed by atoms with E-state index in [0.717, 1.165) is 16.7 Å². The van der Waals surface area contributed by atoms with E-state index < -0.39 is 6.04 Å². The molecule has 3 rings (SSSR count). The second-order valence-corrected chi connectivity index (χ2v) is 7.71. The highest BCUT2D eigenvalue weighted by molar-refractivity contribution is 6.30. The fraction of sp³-hybridized carbons (Fsp3) is 0.200. The van der Waals surface area contributed by atoms with Crippen molar-refractivity contribution in [1.29, 1.82) is 0 Å². The van der Waals surface area contributed by atoms with Crippen LogP contribution in [0, 0.1) is 5.82 Å². The predicted molar refractivity (Wildman–Crippen MR) is 120 cm³/mol. The summed E-state index contributed by atoms with van der Waals surface area (Å²) in [5.41, 5.74) is 2.49. The number of rotatable bonds is 8. The van der Waals surface area contributed by atoms with E-state index >= 15 is 0 Å². The molecule has 6 heteroatoms. The van der Waals surface area contributed by atoms with Gasteiger partial charge in [-0.2, -0.15) is 0 Å². The highest BCUT2D eigenvalue weighted by Gasteiger charge is 2.29. The van der Waals surface area contributed by atoms with E-state index in [9.17, 15) is 14.0 Å². The van der Waals surface area contributed by atoms with Gasteiger partial charge in [-0.1, -0.05) is 66.2 Å². The van der Waals surface area contributed by atoms with E-state index in [2.05, 4.69) is 5.32 Å². The SMILES string of the molecule is CNC(=O)[C@@H](Cc1ccccc1)N(Cc1ccc(F)cc1)C(=O)Cc1ccc(Cl)cc1. The fourth-order valence-electron chi connectivity index (χ4n) is 3.39. The van der Waals surface area contributed by atoms with Gasteiger partial charge in [-0.3, -0.25) is 9.59 Å². The minimum atomic E-state index is -0.711. The lowest BCUT2D eigenvalue weighted by Crippen LogP contribution is -2.50. The molecule has 0 aliphatic carbocycles. The largest absolute Gasteiger partial charge is 0.357 e. The molecule has 0 saturated carbocycles. The van der Waals surface area contributed by atoms with Crippen molar-refractivity contribution in [2.45, 2.75) is 25.4 Å². The van der Waals surface area contributed by atoms with Gasteiger partial charge in [0.1, 0.15) is 11.9 Å². The molecule has 0 aliphatic rings. The number of nitrogens with zero attached hydrogens (tertiary/aromatic N) is 1. The molecule has 3 aromatic rings. The Morgan fingerprint density at radius 3 is 2.13 bits per heavy atom. The van der Waals surface area contributed by atoms with Gasteiger partial charge >= 0.3 is 0 Å². The van der Waals surface area contributed by atoms with E-state index in [0.29, 0.717) is 11.4 Å². The van der Waals surface area contributed by atoms with Crippen LogP contribution in [0.25, 0.3) is 0 Å². The van der Waals surface area contributed by atoms with Gasteiger partial charge in [0.25, 0.3) is 0 Å². The van der Waals surface area contributed by atoms with Crippen LogP contribution >= 0.6 is 11.6 Å². The van der Waals surface area contributed by atoms with Crippen LogP contribution in [0.1, 0.15) is 16.7 Å². The third-order valence-electron chi connectivity index (χ3n) is 5.05. The summed E-state index contributed by atoms with van der Waals surface area (Å²) >= 11 is 5.95. The van der Waals surface area contributed by atoms with E-state index in [1.54, 1.807) is 48.3 Å². The third-order valence-corrected chi connectivity index (χ3v) is 5.30. The molecule has 0 aliphatic heterocycles. The number of halogens is 2. The summed E-state index contributed by atoms with van der Waals surface area (Å²) in [4.78, 5) is 27.7.